The minimum Gasteiger partial charge on any atom is -0.450 e. The van der Waals surface area contributed by atoms with E-state index < -0.39 is 47.8 Å². The van der Waals surface area contributed by atoms with Gasteiger partial charge in [0.25, 0.3) is 6.10 Å². The second-order valence-corrected chi connectivity index (χ2v) is 8.60. The molecule has 4 nitrogen and oxygen atoms in total. The first-order chi connectivity index (χ1) is 12.8. The fraction of sp³-hybridized carbons (Fsp3) is 0.895. The average Bonchev–Trinajstić information content (AvgIpc) is 2.54. The maximum absolute atomic E-state index is 12.7. The van der Waals surface area contributed by atoms with E-state index in [-0.39, 0.29) is 5.41 Å². The summed E-state index contributed by atoms with van der Waals surface area (Å²) in [5.74, 6) is -3.49. The van der Waals surface area contributed by atoms with Gasteiger partial charge in [0.2, 0.25) is 0 Å². The third kappa shape index (κ3) is 8.42. The molecule has 0 aliphatic heterocycles. The number of hydrogen-bond acceptors (Lipinski definition) is 4. The van der Waals surface area contributed by atoms with Gasteiger partial charge in [0.05, 0.1) is 5.92 Å². The second-order valence-electron chi connectivity index (χ2n) is 8.60. The van der Waals surface area contributed by atoms with Gasteiger partial charge in [-0.25, -0.2) is 4.79 Å². The van der Waals surface area contributed by atoms with Crippen LogP contribution < -0.4 is 0 Å². The molecular formula is C19H30F6O4. The highest BCUT2D eigenvalue weighted by molar-refractivity contribution is 5.80. The van der Waals surface area contributed by atoms with Crippen molar-refractivity contribution in [1.29, 1.82) is 0 Å². The third-order valence-corrected chi connectivity index (χ3v) is 5.31. The van der Waals surface area contributed by atoms with Gasteiger partial charge in [-0.1, -0.05) is 54.4 Å². The summed E-state index contributed by atoms with van der Waals surface area (Å²) in [6.07, 6.45) is -16.2. The van der Waals surface area contributed by atoms with Crippen molar-refractivity contribution in [3.05, 3.63) is 0 Å². The summed E-state index contributed by atoms with van der Waals surface area (Å²) >= 11 is 0. The topological polar surface area (TPSA) is 52.6 Å². The zero-order valence-corrected chi connectivity index (χ0v) is 17.8. The van der Waals surface area contributed by atoms with Gasteiger partial charge in [-0.15, -0.1) is 0 Å². The molecule has 2 atom stereocenters. The Bertz CT molecular complexity index is 552. The molecule has 0 saturated carbocycles. The van der Waals surface area contributed by atoms with Gasteiger partial charge in [0.15, 0.2) is 6.10 Å². The summed E-state index contributed by atoms with van der Waals surface area (Å²) in [5.41, 5.74) is -0.828. The number of alkyl halides is 6. The monoisotopic (exact) mass is 436 g/mol. The van der Waals surface area contributed by atoms with Crippen molar-refractivity contribution in [2.45, 2.75) is 92.3 Å². The molecule has 0 fully saturated rings. The normalized spacial score (nSPS) is 15.8. The van der Waals surface area contributed by atoms with E-state index in [1.165, 1.54) is 0 Å². The van der Waals surface area contributed by atoms with E-state index in [9.17, 15) is 35.9 Å². The lowest BCUT2D eigenvalue weighted by atomic mass is 9.68. The Morgan fingerprint density at radius 1 is 0.793 bits per heavy atom. The van der Waals surface area contributed by atoms with Crippen LogP contribution in [0.15, 0.2) is 0 Å². The van der Waals surface area contributed by atoms with Crippen molar-refractivity contribution >= 4 is 11.9 Å². The summed E-state index contributed by atoms with van der Waals surface area (Å²) in [6.45, 7) is 12.1. The minimum atomic E-state index is -5.84. The summed E-state index contributed by atoms with van der Waals surface area (Å²) in [4.78, 5) is 24.4. The Morgan fingerprint density at radius 2 is 1.24 bits per heavy atom. The molecule has 2 unspecified atom stereocenters. The number of esters is 2. The van der Waals surface area contributed by atoms with Crippen molar-refractivity contribution in [3.63, 3.8) is 0 Å². The van der Waals surface area contributed by atoms with Crippen LogP contribution in [0.2, 0.25) is 0 Å². The standard InChI is InChI=1S/C19H30F6O4/c1-8-16(4,5)10-12(17(6,7)9-2)14(27)28-11(3)13(26)29-15(18(20,21)22)19(23,24)25/h11-12,15H,8-10H2,1-7H3. The maximum Gasteiger partial charge on any atom is 0.434 e. The van der Waals surface area contributed by atoms with Gasteiger partial charge in [-0.2, -0.15) is 26.3 Å². The zero-order chi connectivity index (χ0) is 23.4. The molecule has 0 aromatic carbocycles. The Morgan fingerprint density at radius 3 is 1.59 bits per heavy atom. The van der Waals surface area contributed by atoms with Crippen LogP contribution in [0.3, 0.4) is 0 Å². The number of carbonyl (C=O) groups is 2. The molecular weight excluding hydrogens is 406 g/mol. The Kier molecular flexibility index (Phi) is 9.07. The van der Waals surface area contributed by atoms with E-state index >= 15 is 0 Å². The number of rotatable bonds is 9. The van der Waals surface area contributed by atoms with E-state index in [1.54, 1.807) is 13.8 Å². The van der Waals surface area contributed by atoms with Gasteiger partial charge < -0.3 is 9.47 Å². The van der Waals surface area contributed by atoms with Crippen LogP contribution in [0.4, 0.5) is 26.3 Å². The maximum atomic E-state index is 12.7. The molecule has 0 heterocycles. The predicted octanol–water partition coefficient (Wildman–Crippen LogP) is 5.83. The first kappa shape index (κ1) is 27.5. The van der Waals surface area contributed by atoms with Crippen molar-refractivity contribution in [2.24, 2.45) is 16.7 Å². The molecule has 0 aromatic heterocycles. The van der Waals surface area contributed by atoms with E-state index in [1.807, 2.05) is 27.7 Å². The quantitative estimate of drug-likeness (QED) is 0.337. The first-order valence-electron chi connectivity index (χ1n) is 9.33. The van der Waals surface area contributed by atoms with Gasteiger partial charge >= 0.3 is 24.3 Å². The fourth-order valence-electron chi connectivity index (χ4n) is 2.46. The molecule has 172 valence electrons. The molecule has 0 aliphatic carbocycles. The molecule has 0 saturated heterocycles. The molecule has 0 bridgehead atoms. The number of halogens is 6. The van der Waals surface area contributed by atoms with Crippen LogP contribution in [0.25, 0.3) is 0 Å². The van der Waals surface area contributed by atoms with Crippen molar-refractivity contribution in [1.82, 2.24) is 0 Å². The minimum absolute atomic E-state index is 0.266. The van der Waals surface area contributed by atoms with Crippen LogP contribution in [-0.2, 0) is 19.1 Å². The van der Waals surface area contributed by atoms with Crippen LogP contribution in [-0.4, -0.2) is 36.5 Å². The largest absolute Gasteiger partial charge is 0.450 e. The highest BCUT2D eigenvalue weighted by Gasteiger charge is 2.60. The number of carbonyl (C=O) groups excluding carboxylic acids is 2. The molecule has 0 rings (SSSR count). The fourth-order valence-corrected chi connectivity index (χ4v) is 2.46. The van der Waals surface area contributed by atoms with Gasteiger partial charge in [-0.05, 0) is 24.2 Å². The highest BCUT2D eigenvalue weighted by atomic mass is 19.4. The van der Waals surface area contributed by atoms with Gasteiger partial charge in [0, 0.05) is 0 Å². The van der Waals surface area contributed by atoms with Crippen molar-refractivity contribution < 1.29 is 45.4 Å². The number of ether oxygens (including phenoxy) is 2. The molecule has 0 aliphatic rings. The second kappa shape index (κ2) is 9.55. The van der Waals surface area contributed by atoms with Crippen molar-refractivity contribution in [3.8, 4) is 0 Å². The van der Waals surface area contributed by atoms with Crippen LogP contribution in [0.5, 0.6) is 0 Å². The highest BCUT2D eigenvalue weighted by Crippen LogP contribution is 2.41. The van der Waals surface area contributed by atoms with E-state index in [4.69, 9.17) is 4.74 Å². The van der Waals surface area contributed by atoms with Crippen LogP contribution in [0.1, 0.15) is 67.7 Å². The Labute approximate surface area is 167 Å². The van der Waals surface area contributed by atoms with E-state index in [2.05, 4.69) is 4.74 Å². The first-order valence-corrected chi connectivity index (χ1v) is 9.33. The lowest BCUT2D eigenvalue weighted by molar-refractivity contribution is -0.314. The van der Waals surface area contributed by atoms with E-state index in [0.29, 0.717) is 12.8 Å². The van der Waals surface area contributed by atoms with Crippen LogP contribution in [0, 0.1) is 16.7 Å². The summed E-state index contributed by atoms with van der Waals surface area (Å²) in [7, 11) is 0. The average molecular weight is 436 g/mol. The Balaban J connectivity index is 5.43. The molecule has 0 N–H and O–H groups in total. The molecule has 10 heteroatoms. The zero-order valence-electron chi connectivity index (χ0n) is 17.8. The molecule has 0 spiro atoms. The third-order valence-electron chi connectivity index (χ3n) is 5.31. The summed E-state index contributed by atoms with van der Waals surface area (Å²) < 4.78 is 83.8. The lowest BCUT2D eigenvalue weighted by Gasteiger charge is -2.37. The number of hydrogen-bond donors (Lipinski definition) is 0. The Hall–Kier alpha value is -1.48. The molecule has 29 heavy (non-hydrogen) atoms. The molecule has 0 radical (unpaired) electrons. The van der Waals surface area contributed by atoms with Gasteiger partial charge in [0.1, 0.15) is 0 Å². The summed E-state index contributed by atoms with van der Waals surface area (Å²) in [5, 5.41) is 0. The molecule has 0 amide bonds. The molecule has 0 aromatic rings. The van der Waals surface area contributed by atoms with Crippen molar-refractivity contribution in [2.75, 3.05) is 0 Å². The lowest BCUT2D eigenvalue weighted by Crippen LogP contribution is -2.47. The SMILES string of the molecule is CCC(C)(C)CC(C(=O)OC(C)C(=O)OC(C(F)(F)F)C(F)(F)F)C(C)(C)CC. The van der Waals surface area contributed by atoms with Gasteiger partial charge in [-0.3, -0.25) is 4.79 Å². The summed E-state index contributed by atoms with van der Waals surface area (Å²) in [6, 6.07) is 0. The smallest absolute Gasteiger partial charge is 0.434 e. The van der Waals surface area contributed by atoms with Crippen LogP contribution >= 0.6 is 0 Å². The predicted molar refractivity (Wildman–Crippen MR) is 93.8 cm³/mol. The van der Waals surface area contributed by atoms with E-state index in [0.717, 1.165) is 13.3 Å².